The van der Waals surface area contributed by atoms with E-state index in [0.29, 0.717) is 22.1 Å². The maximum absolute atomic E-state index is 12.2. The minimum Gasteiger partial charge on any atom is -0.512 e. The van der Waals surface area contributed by atoms with E-state index in [1.807, 2.05) is 24.3 Å². The Hall–Kier alpha value is -4.60. The quantitative estimate of drug-likeness (QED) is 0.148. The Morgan fingerprint density at radius 3 is 1.50 bits per heavy atom. The number of benzene rings is 2. The number of para-hydroxylation sites is 2. The normalized spacial score (nSPS) is 13.2. The smallest absolute Gasteiger partial charge is 0.343 e. The molecule has 10 nitrogen and oxygen atoms in total. The van der Waals surface area contributed by atoms with E-state index in [2.05, 4.69) is 20.0 Å². The van der Waals surface area contributed by atoms with Gasteiger partial charge in [0.05, 0.1) is 46.7 Å². The van der Waals surface area contributed by atoms with Crippen LogP contribution in [-0.2, 0) is 19.1 Å². The van der Waals surface area contributed by atoms with Gasteiger partial charge in [-0.05, 0) is 52.0 Å². The number of rotatable bonds is 8. The van der Waals surface area contributed by atoms with Crippen molar-refractivity contribution in [1.29, 1.82) is 0 Å². The molecule has 36 heavy (non-hydrogen) atoms. The van der Waals surface area contributed by atoms with Crippen LogP contribution in [0.2, 0.25) is 0 Å². The van der Waals surface area contributed by atoms with Crippen molar-refractivity contribution in [2.45, 2.75) is 27.7 Å². The summed E-state index contributed by atoms with van der Waals surface area (Å²) >= 11 is 0. The predicted molar refractivity (Wildman–Crippen MR) is 137 cm³/mol. The van der Waals surface area contributed by atoms with E-state index in [-0.39, 0.29) is 47.3 Å². The fourth-order valence-corrected chi connectivity index (χ4v) is 3.13. The standard InChI is InChI=1S/C26H26N4O6/c1-5-35-25(33)17(15(3)31)13-27-21-11-23-24(30-20-10-8-7-9-19(20)29-23)12-22(21)28-14-18(16(4)32)26(34)36-6-2/h7-14,31-32H,5-6H2,1-4H3/b17-15-,18-16+,27-13?,28-14?. The molecule has 0 saturated carbocycles. The number of aliphatic hydroxyl groups is 2. The molecule has 0 aliphatic heterocycles. The Kier molecular flexibility index (Phi) is 8.45. The fourth-order valence-electron chi connectivity index (χ4n) is 3.13. The molecular weight excluding hydrogens is 464 g/mol. The van der Waals surface area contributed by atoms with E-state index in [4.69, 9.17) is 9.47 Å². The number of carbonyl (C=O) groups is 2. The molecule has 0 bridgehead atoms. The summed E-state index contributed by atoms with van der Waals surface area (Å²) in [6.07, 6.45) is 2.34. The van der Waals surface area contributed by atoms with Crippen molar-refractivity contribution < 1.29 is 29.3 Å². The highest BCUT2D eigenvalue weighted by atomic mass is 16.5. The first-order chi connectivity index (χ1) is 17.2. The van der Waals surface area contributed by atoms with Crippen LogP contribution in [0.3, 0.4) is 0 Å². The van der Waals surface area contributed by atoms with Crippen LogP contribution in [0.1, 0.15) is 27.7 Å². The lowest BCUT2D eigenvalue weighted by Gasteiger charge is -2.07. The summed E-state index contributed by atoms with van der Waals surface area (Å²) in [5, 5.41) is 19.9. The number of esters is 2. The molecule has 2 aromatic carbocycles. The zero-order valence-electron chi connectivity index (χ0n) is 20.3. The van der Waals surface area contributed by atoms with Gasteiger partial charge in [-0.25, -0.2) is 19.6 Å². The van der Waals surface area contributed by atoms with E-state index in [0.717, 1.165) is 0 Å². The average Bonchev–Trinajstić information content (AvgIpc) is 2.83. The molecule has 186 valence electrons. The van der Waals surface area contributed by atoms with Crippen molar-refractivity contribution in [1.82, 2.24) is 9.97 Å². The molecule has 0 atom stereocenters. The topological polar surface area (TPSA) is 144 Å². The van der Waals surface area contributed by atoms with E-state index < -0.39 is 11.9 Å². The van der Waals surface area contributed by atoms with Crippen molar-refractivity contribution in [3.8, 4) is 0 Å². The Labute approximate surface area is 207 Å². The third kappa shape index (κ3) is 6.09. The van der Waals surface area contributed by atoms with E-state index >= 15 is 0 Å². The van der Waals surface area contributed by atoms with Crippen molar-refractivity contribution >= 4 is 57.8 Å². The maximum Gasteiger partial charge on any atom is 0.343 e. The highest BCUT2D eigenvalue weighted by Gasteiger charge is 2.15. The molecule has 0 amide bonds. The minimum atomic E-state index is -0.735. The molecule has 3 aromatic rings. The summed E-state index contributed by atoms with van der Waals surface area (Å²) < 4.78 is 9.94. The largest absolute Gasteiger partial charge is 0.512 e. The number of hydrogen-bond acceptors (Lipinski definition) is 10. The number of ether oxygens (including phenoxy) is 2. The van der Waals surface area contributed by atoms with E-state index in [1.54, 1.807) is 26.0 Å². The molecule has 0 aliphatic rings. The van der Waals surface area contributed by atoms with Crippen LogP contribution in [0, 0.1) is 0 Å². The first-order valence-corrected chi connectivity index (χ1v) is 11.2. The second-order valence-electron chi connectivity index (χ2n) is 7.50. The third-order valence-corrected chi connectivity index (χ3v) is 4.87. The van der Waals surface area contributed by atoms with Gasteiger partial charge in [0.15, 0.2) is 0 Å². The number of aromatic nitrogens is 2. The van der Waals surface area contributed by atoms with Gasteiger partial charge >= 0.3 is 11.9 Å². The molecule has 0 unspecified atom stereocenters. The second-order valence-corrected chi connectivity index (χ2v) is 7.50. The highest BCUT2D eigenvalue weighted by molar-refractivity contribution is 6.12. The molecule has 1 heterocycles. The summed E-state index contributed by atoms with van der Waals surface area (Å²) in [7, 11) is 0. The number of carbonyl (C=O) groups excluding carboxylic acids is 2. The Bertz CT molecular complexity index is 1320. The van der Waals surface area contributed by atoms with Crippen LogP contribution in [0.5, 0.6) is 0 Å². The van der Waals surface area contributed by atoms with Crippen molar-refractivity contribution in [3.05, 3.63) is 59.1 Å². The predicted octanol–water partition coefficient (Wildman–Crippen LogP) is 4.98. The number of aliphatic hydroxyl groups excluding tert-OH is 2. The number of allylic oxidation sites excluding steroid dienone is 2. The van der Waals surface area contributed by atoms with E-state index in [1.165, 1.54) is 26.3 Å². The first kappa shape index (κ1) is 26.0. The Morgan fingerprint density at radius 1 is 0.778 bits per heavy atom. The van der Waals surface area contributed by atoms with Crippen LogP contribution in [0.15, 0.2) is 69.0 Å². The maximum atomic E-state index is 12.2. The van der Waals surface area contributed by atoms with E-state index in [9.17, 15) is 19.8 Å². The third-order valence-electron chi connectivity index (χ3n) is 4.87. The molecule has 0 aliphatic carbocycles. The van der Waals surface area contributed by atoms with Crippen molar-refractivity contribution in [3.63, 3.8) is 0 Å². The average molecular weight is 491 g/mol. The van der Waals surface area contributed by atoms with Gasteiger partial charge in [-0.2, -0.15) is 0 Å². The van der Waals surface area contributed by atoms with Crippen LogP contribution in [-0.4, -0.2) is 57.8 Å². The van der Waals surface area contributed by atoms with Crippen LogP contribution >= 0.6 is 0 Å². The second kappa shape index (κ2) is 11.7. The summed E-state index contributed by atoms with van der Waals surface area (Å²) in [5.74, 6) is -2.00. The van der Waals surface area contributed by atoms with Crippen LogP contribution < -0.4 is 0 Å². The number of nitrogens with zero attached hydrogens (tertiary/aromatic N) is 4. The van der Waals surface area contributed by atoms with Gasteiger partial charge in [0.2, 0.25) is 0 Å². The number of hydrogen-bond donors (Lipinski definition) is 2. The Balaban J connectivity index is 2.18. The lowest BCUT2D eigenvalue weighted by molar-refractivity contribution is -0.139. The molecule has 2 N–H and O–H groups in total. The van der Waals surface area contributed by atoms with Crippen molar-refractivity contribution in [2.24, 2.45) is 9.98 Å². The van der Waals surface area contributed by atoms with Gasteiger partial charge in [-0.3, -0.25) is 9.98 Å². The van der Waals surface area contributed by atoms with Crippen LogP contribution in [0.25, 0.3) is 22.1 Å². The molecule has 0 fully saturated rings. The zero-order valence-corrected chi connectivity index (χ0v) is 20.3. The van der Waals surface area contributed by atoms with Crippen molar-refractivity contribution in [2.75, 3.05) is 13.2 Å². The molecule has 3 rings (SSSR count). The first-order valence-electron chi connectivity index (χ1n) is 11.2. The summed E-state index contributed by atoms with van der Waals surface area (Å²) in [5.41, 5.74) is 2.67. The molecule has 0 saturated heterocycles. The van der Waals surface area contributed by atoms with Gasteiger partial charge in [0.1, 0.15) is 22.7 Å². The number of fused-ring (bicyclic) bond motifs is 2. The summed E-state index contributed by atoms with van der Waals surface area (Å²) in [6.45, 7) is 6.24. The fraction of sp³-hybridized carbons (Fsp3) is 0.231. The SMILES string of the molecule is CCOC(=O)/C(C=Nc1cc2nc3ccccc3nc2cc1N=C/C(C(=O)OCC)=C(/C)O)=C(/C)O. The Morgan fingerprint density at radius 2 is 1.17 bits per heavy atom. The van der Waals surface area contributed by atoms with Gasteiger partial charge < -0.3 is 19.7 Å². The number of aliphatic imine (C=N–C) groups is 2. The van der Waals surface area contributed by atoms with Gasteiger partial charge in [-0.1, -0.05) is 12.1 Å². The minimum absolute atomic E-state index is 0.126. The molecule has 10 heteroatoms. The lowest BCUT2D eigenvalue weighted by Crippen LogP contribution is -2.10. The summed E-state index contributed by atoms with van der Waals surface area (Å²) in [6, 6.07) is 10.6. The monoisotopic (exact) mass is 490 g/mol. The highest BCUT2D eigenvalue weighted by Crippen LogP contribution is 2.33. The van der Waals surface area contributed by atoms with Crippen LogP contribution in [0.4, 0.5) is 11.4 Å². The molecular formula is C26H26N4O6. The summed E-state index contributed by atoms with van der Waals surface area (Å²) in [4.78, 5) is 42.3. The molecule has 1 aromatic heterocycles. The van der Waals surface area contributed by atoms with Gasteiger partial charge in [0, 0.05) is 12.4 Å². The molecule has 0 spiro atoms. The van der Waals surface area contributed by atoms with Gasteiger partial charge in [-0.15, -0.1) is 0 Å². The zero-order chi connectivity index (χ0) is 26.2. The molecule has 0 radical (unpaired) electrons. The lowest BCUT2D eigenvalue weighted by atomic mass is 10.2. The van der Waals surface area contributed by atoms with Gasteiger partial charge in [0.25, 0.3) is 0 Å².